The molecule has 0 spiro atoms. The molecule has 0 aromatic heterocycles. The highest BCUT2D eigenvalue weighted by atomic mass is 19.1. The molecule has 0 saturated heterocycles. The Bertz CT molecular complexity index is 576. The first-order chi connectivity index (χ1) is 9.70. The molecule has 8 heteroatoms. The summed E-state index contributed by atoms with van der Waals surface area (Å²) in [6, 6.07) is -0.614. The van der Waals surface area contributed by atoms with E-state index in [2.05, 4.69) is 4.74 Å². The molecule has 1 rings (SSSR count). The smallest absolute Gasteiger partial charge is 0.320 e. The van der Waals surface area contributed by atoms with Gasteiger partial charge in [0.1, 0.15) is 6.04 Å². The monoisotopic (exact) mass is 302 g/mol. The molecule has 0 fully saturated rings. The lowest BCUT2D eigenvalue weighted by atomic mass is 9.98. The Morgan fingerprint density at radius 1 is 1.43 bits per heavy atom. The number of hydrogen-bond acceptors (Lipinski definition) is 4. The van der Waals surface area contributed by atoms with Gasteiger partial charge in [0, 0.05) is 31.6 Å². The standard InChI is InChI=1S/C13H16F2N2O4/c1-17(2)12(18)7-4-8(14)11(21-3)10(15)6(7)5-9(16)13(19)20/h4,9H,5,16H2,1-3H3,(H,19,20). The third-order valence-electron chi connectivity index (χ3n) is 2.86. The van der Waals surface area contributed by atoms with Crippen molar-refractivity contribution in [3.8, 4) is 5.75 Å². The van der Waals surface area contributed by atoms with Gasteiger partial charge in [-0.2, -0.15) is 0 Å². The van der Waals surface area contributed by atoms with Crippen LogP contribution in [0.4, 0.5) is 8.78 Å². The first-order valence-electron chi connectivity index (χ1n) is 5.95. The van der Waals surface area contributed by atoms with E-state index in [-0.39, 0.29) is 11.1 Å². The van der Waals surface area contributed by atoms with Gasteiger partial charge < -0.3 is 20.5 Å². The third kappa shape index (κ3) is 3.46. The third-order valence-corrected chi connectivity index (χ3v) is 2.86. The summed E-state index contributed by atoms with van der Waals surface area (Å²) in [5.41, 5.74) is 4.79. The van der Waals surface area contributed by atoms with Gasteiger partial charge in [0.25, 0.3) is 5.91 Å². The van der Waals surface area contributed by atoms with Crippen LogP contribution < -0.4 is 10.5 Å². The van der Waals surface area contributed by atoms with Crippen LogP contribution in [0.3, 0.4) is 0 Å². The molecule has 1 amide bonds. The highest BCUT2D eigenvalue weighted by Gasteiger charge is 2.26. The molecule has 0 saturated carbocycles. The number of carboxylic acids is 1. The zero-order valence-electron chi connectivity index (χ0n) is 11.8. The van der Waals surface area contributed by atoms with Crippen molar-refractivity contribution in [1.82, 2.24) is 4.90 Å². The van der Waals surface area contributed by atoms with E-state index in [9.17, 15) is 18.4 Å². The number of methoxy groups -OCH3 is 1. The molecule has 0 radical (unpaired) electrons. The number of nitrogens with two attached hydrogens (primary N) is 1. The van der Waals surface area contributed by atoms with Gasteiger partial charge in [-0.3, -0.25) is 9.59 Å². The minimum absolute atomic E-state index is 0.285. The average Bonchev–Trinajstić information content (AvgIpc) is 2.40. The molecule has 1 aromatic carbocycles. The first-order valence-corrected chi connectivity index (χ1v) is 5.95. The zero-order valence-corrected chi connectivity index (χ0v) is 11.8. The number of carboxylic acid groups (broad SMARTS) is 1. The van der Waals surface area contributed by atoms with E-state index in [1.54, 1.807) is 0 Å². The molecule has 0 heterocycles. The second kappa shape index (κ2) is 6.49. The highest BCUT2D eigenvalue weighted by molar-refractivity contribution is 5.96. The molecule has 1 aromatic rings. The Hall–Kier alpha value is -2.22. The van der Waals surface area contributed by atoms with Crippen molar-refractivity contribution in [2.24, 2.45) is 5.73 Å². The fourth-order valence-corrected chi connectivity index (χ4v) is 1.77. The molecule has 0 aliphatic rings. The molecule has 0 bridgehead atoms. The summed E-state index contributed by atoms with van der Waals surface area (Å²) in [5.74, 6) is -4.88. The number of aliphatic carboxylic acids is 1. The largest absolute Gasteiger partial charge is 0.491 e. The number of halogens is 2. The summed E-state index contributed by atoms with van der Waals surface area (Å²) in [5, 5.41) is 8.81. The van der Waals surface area contributed by atoms with Gasteiger partial charge >= 0.3 is 5.97 Å². The van der Waals surface area contributed by atoms with Crippen molar-refractivity contribution >= 4 is 11.9 Å². The maximum absolute atomic E-state index is 14.3. The molecule has 116 valence electrons. The van der Waals surface area contributed by atoms with Crippen LogP contribution in [0.2, 0.25) is 0 Å². The Labute approximate surface area is 120 Å². The maximum Gasteiger partial charge on any atom is 0.320 e. The lowest BCUT2D eigenvalue weighted by Gasteiger charge is -2.18. The molecule has 21 heavy (non-hydrogen) atoms. The van der Waals surface area contributed by atoms with Crippen molar-refractivity contribution in [2.45, 2.75) is 12.5 Å². The molecular formula is C13H16F2N2O4. The topological polar surface area (TPSA) is 92.9 Å². The van der Waals surface area contributed by atoms with Crippen LogP contribution in [0.25, 0.3) is 0 Å². The molecule has 3 N–H and O–H groups in total. The van der Waals surface area contributed by atoms with Crippen LogP contribution in [-0.4, -0.2) is 49.1 Å². The summed E-state index contributed by atoms with van der Waals surface area (Å²) in [4.78, 5) is 23.9. The Kier molecular flexibility index (Phi) is 5.20. The summed E-state index contributed by atoms with van der Waals surface area (Å²) in [7, 11) is 3.88. The van der Waals surface area contributed by atoms with E-state index >= 15 is 0 Å². The van der Waals surface area contributed by atoms with Crippen LogP contribution in [0.1, 0.15) is 15.9 Å². The Balaban J connectivity index is 3.48. The summed E-state index contributed by atoms with van der Waals surface area (Å²) in [6.07, 6.45) is -0.466. The van der Waals surface area contributed by atoms with Gasteiger partial charge in [0.05, 0.1) is 7.11 Å². The number of amides is 1. The second-order valence-corrected chi connectivity index (χ2v) is 4.58. The number of ether oxygens (including phenoxy) is 1. The fraction of sp³-hybridized carbons (Fsp3) is 0.385. The zero-order chi connectivity index (χ0) is 16.3. The van der Waals surface area contributed by atoms with E-state index in [1.807, 2.05) is 0 Å². The number of benzene rings is 1. The van der Waals surface area contributed by atoms with Gasteiger partial charge in [0.2, 0.25) is 0 Å². The van der Waals surface area contributed by atoms with Crippen LogP contribution in [0.5, 0.6) is 5.75 Å². The molecule has 1 unspecified atom stereocenters. The van der Waals surface area contributed by atoms with Crippen molar-refractivity contribution in [1.29, 1.82) is 0 Å². The van der Waals surface area contributed by atoms with Crippen molar-refractivity contribution in [3.63, 3.8) is 0 Å². The number of hydrogen-bond donors (Lipinski definition) is 2. The first kappa shape index (κ1) is 16.8. The number of rotatable bonds is 5. The van der Waals surface area contributed by atoms with E-state index in [0.29, 0.717) is 0 Å². The molecule has 0 aliphatic heterocycles. The molecule has 0 aliphatic carbocycles. The van der Waals surface area contributed by atoms with E-state index in [1.165, 1.54) is 14.1 Å². The van der Waals surface area contributed by atoms with Crippen LogP contribution in [0, 0.1) is 11.6 Å². The van der Waals surface area contributed by atoms with Gasteiger partial charge in [-0.15, -0.1) is 0 Å². The lowest BCUT2D eigenvalue weighted by Crippen LogP contribution is -2.34. The van der Waals surface area contributed by atoms with Crippen LogP contribution in [-0.2, 0) is 11.2 Å². The maximum atomic E-state index is 14.3. The predicted molar refractivity (Wildman–Crippen MR) is 70.2 cm³/mol. The lowest BCUT2D eigenvalue weighted by molar-refractivity contribution is -0.138. The fourth-order valence-electron chi connectivity index (χ4n) is 1.77. The van der Waals surface area contributed by atoms with E-state index < -0.39 is 41.7 Å². The molecular weight excluding hydrogens is 286 g/mol. The van der Waals surface area contributed by atoms with Gasteiger partial charge in [-0.05, 0) is 6.07 Å². The minimum atomic E-state index is -1.43. The quantitative estimate of drug-likeness (QED) is 0.832. The minimum Gasteiger partial charge on any atom is -0.491 e. The van der Waals surface area contributed by atoms with Gasteiger partial charge in [0.15, 0.2) is 17.4 Å². The second-order valence-electron chi connectivity index (χ2n) is 4.58. The summed E-state index contributed by atoms with van der Waals surface area (Å²) < 4.78 is 32.6. The summed E-state index contributed by atoms with van der Waals surface area (Å²) in [6.45, 7) is 0. The Morgan fingerprint density at radius 2 is 2.00 bits per heavy atom. The number of carbonyl (C=O) groups excluding carboxylic acids is 1. The Morgan fingerprint density at radius 3 is 2.43 bits per heavy atom. The van der Waals surface area contributed by atoms with E-state index in [0.717, 1.165) is 18.1 Å². The molecule has 1 atom stereocenters. The number of nitrogens with zero attached hydrogens (tertiary/aromatic N) is 1. The predicted octanol–water partition coefficient (Wildman–Crippen LogP) is 0.630. The normalized spacial score (nSPS) is 11.9. The van der Waals surface area contributed by atoms with Gasteiger partial charge in [-0.25, -0.2) is 8.78 Å². The van der Waals surface area contributed by atoms with Gasteiger partial charge in [-0.1, -0.05) is 0 Å². The number of carbonyl (C=O) groups is 2. The van der Waals surface area contributed by atoms with Crippen molar-refractivity contribution < 1.29 is 28.2 Å². The highest BCUT2D eigenvalue weighted by Crippen LogP contribution is 2.29. The average molecular weight is 302 g/mol. The summed E-state index contributed by atoms with van der Waals surface area (Å²) >= 11 is 0. The molecule has 6 nitrogen and oxygen atoms in total. The van der Waals surface area contributed by atoms with E-state index in [4.69, 9.17) is 10.8 Å². The van der Waals surface area contributed by atoms with Crippen LogP contribution >= 0.6 is 0 Å². The van der Waals surface area contributed by atoms with Crippen molar-refractivity contribution in [2.75, 3.05) is 21.2 Å². The van der Waals surface area contributed by atoms with Crippen molar-refractivity contribution in [3.05, 3.63) is 28.8 Å². The SMILES string of the molecule is COc1c(F)cc(C(=O)N(C)C)c(CC(N)C(=O)O)c1F. The van der Waals surface area contributed by atoms with Crippen LogP contribution in [0.15, 0.2) is 6.07 Å².